The minimum atomic E-state index is -0.246. The Kier molecular flexibility index (Phi) is 4.34. The van der Waals surface area contributed by atoms with Crippen LogP contribution in [0.15, 0.2) is 12.3 Å². The van der Waals surface area contributed by atoms with Crippen LogP contribution in [0.4, 0.5) is 0 Å². The van der Waals surface area contributed by atoms with E-state index >= 15 is 0 Å². The Morgan fingerprint density at radius 3 is 3.05 bits per heavy atom. The molecule has 1 atom stereocenters. The predicted molar refractivity (Wildman–Crippen MR) is 70.1 cm³/mol. The fraction of sp³-hybridized carbons (Fsp3) is 0.538. The number of aromatic nitrogens is 1. The van der Waals surface area contributed by atoms with Gasteiger partial charge in [0.1, 0.15) is 11.4 Å². The molecule has 1 unspecified atom stereocenters. The lowest BCUT2D eigenvalue weighted by molar-refractivity contribution is 0.0957. The number of ether oxygens (including phenoxy) is 1. The molecule has 2 heterocycles. The Morgan fingerprint density at radius 1 is 1.68 bits per heavy atom. The quantitative estimate of drug-likeness (QED) is 0.802. The van der Waals surface area contributed by atoms with Gasteiger partial charge in [0.2, 0.25) is 0 Å². The molecule has 1 aliphatic heterocycles. The van der Waals surface area contributed by atoms with Gasteiger partial charge in [-0.3, -0.25) is 14.7 Å². The van der Waals surface area contributed by atoms with Gasteiger partial charge in [0.25, 0.3) is 5.91 Å². The van der Waals surface area contributed by atoms with Crippen molar-refractivity contribution in [3.05, 3.63) is 23.5 Å². The van der Waals surface area contributed by atoms with E-state index < -0.39 is 0 Å². The first-order valence-electron chi connectivity index (χ1n) is 6.29. The van der Waals surface area contributed by atoms with Gasteiger partial charge in [0.15, 0.2) is 0 Å². The standard InChI is InChI=1S/C13H19N3O3/c1-14-13(18)11-5-12(19-2)9(6-15-11)7-16-4-3-10(17)8-16/h5-6,10,17H,3-4,7-8H2,1-2H3,(H,14,18). The van der Waals surface area contributed by atoms with E-state index in [1.165, 1.54) is 0 Å². The van der Waals surface area contributed by atoms with Crippen LogP contribution in [0.2, 0.25) is 0 Å². The van der Waals surface area contributed by atoms with Crippen LogP contribution in [0.25, 0.3) is 0 Å². The molecule has 0 bridgehead atoms. The van der Waals surface area contributed by atoms with E-state index in [9.17, 15) is 9.90 Å². The van der Waals surface area contributed by atoms with E-state index in [0.29, 0.717) is 24.5 Å². The lowest BCUT2D eigenvalue weighted by atomic mass is 10.2. The molecule has 0 saturated carbocycles. The number of β-amino-alcohol motifs (C(OH)–C–C–N with tert-alkyl or cyclic N) is 1. The molecule has 1 saturated heterocycles. The highest BCUT2D eigenvalue weighted by molar-refractivity contribution is 5.92. The average Bonchev–Trinajstić information content (AvgIpc) is 2.83. The molecule has 1 aromatic heterocycles. The summed E-state index contributed by atoms with van der Waals surface area (Å²) < 4.78 is 5.31. The highest BCUT2D eigenvalue weighted by Crippen LogP contribution is 2.22. The van der Waals surface area contributed by atoms with Crippen molar-refractivity contribution in [3.8, 4) is 5.75 Å². The van der Waals surface area contributed by atoms with E-state index in [1.807, 2.05) is 0 Å². The minimum Gasteiger partial charge on any atom is -0.496 e. The fourth-order valence-electron chi connectivity index (χ4n) is 2.22. The fourth-order valence-corrected chi connectivity index (χ4v) is 2.22. The van der Waals surface area contributed by atoms with Gasteiger partial charge in [-0.25, -0.2) is 0 Å². The molecule has 1 aliphatic rings. The molecule has 0 radical (unpaired) electrons. The molecule has 2 rings (SSSR count). The van der Waals surface area contributed by atoms with Gasteiger partial charge in [-0.2, -0.15) is 0 Å². The summed E-state index contributed by atoms with van der Waals surface area (Å²) in [5.41, 5.74) is 1.26. The van der Waals surface area contributed by atoms with Crippen LogP contribution in [0.1, 0.15) is 22.5 Å². The Labute approximate surface area is 112 Å². The molecule has 6 heteroatoms. The van der Waals surface area contributed by atoms with Crippen LogP contribution >= 0.6 is 0 Å². The molecule has 1 aromatic rings. The number of carbonyl (C=O) groups excluding carboxylic acids is 1. The molecule has 6 nitrogen and oxygen atoms in total. The van der Waals surface area contributed by atoms with Crippen LogP contribution in [-0.4, -0.2) is 54.2 Å². The lowest BCUT2D eigenvalue weighted by Crippen LogP contribution is -2.23. The van der Waals surface area contributed by atoms with Crippen molar-refractivity contribution in [1.82, 2.24) is 15.2 Å². The minimum absolute atomic E-state index is 0.235. The second kappa shape index (κ2) is 5.99. The molecule has 19 heavy (non-hydrogen) atoms. The first-order chi connectivity index (χ1) is 9.13. The van der Waals surface area contributed by atoms with Gasteiger partial charge in [-0.1, -0.05) is 0 Å². The molecular weight excluding hydrogens is 246 g/mol. The summed E-state index contributed by atoms with van der Waals surface area (Å²) in [4.78, 5) is 17.8. The maximum absolute atomic E-state index is 11.5. The van der Waals surface area contributed by atoms with Crippen molar-refractivity contribution in [1.29, 1.82) is 0 Å². The van der Waals surface area contributed by atoms with Gasteiger partial charge in [0, 0.05) is 44.5 Å². The number of nitrogens with one attached hydrogen (secondary N) is 1. The van der Waals surface area contributed by atoms with Crippen molar-refractivity contribution in [3.63, 3.8) is 0 Å². The van der Waals surface area contributed by atoms with E-state index in [-0.39, 0.29) is 12.0 Å². The summed E-state index contributed by atoms with van der Waals surface area (Å²) in [5, 5.41) is 12.0. The number of carbonyl (C=O) groups is 1. The Bertz CT molecular complexity index is 464. The maximum Gasteiger partial charge on any atom is 0.269 e. The van der Waals surface area contributed by atoms with Crippen molar-refractivity contribution < 1.29 is 14.6 Å². The number of aliphatic hydroxyl groups is 1. The summed E-state index contributed by atoms with van der Waals surface area (Å²) in [6.45, 7) is 2.20. The SMILES string of the molecule is CNC(=O)c1cc(OC)c(CN2CCC(O)C2)cn1. The van der Waals surface area contributed by atoms with Crippen LogP contribution in [0, 0.1) is 0 Å². The third-order valence-corrected chi connectivity index (χ3v) is 3.26. The smallest absolute Gasteiger partial charge is 0.269 e. The zero-order valence-corrected chi connectivity index (χ0v) is 11.2. The average molecular weight is 265 g/mol. The molecule has 0 aliphatic carbocycles. The lowest BCUT2D eigenvalue weighted by Gasteiger charge is -2.17. The molecule has 1 amide bonds. The third-order valence-electron chi connectivity index (χ3n) is 3.26. The summed E-state index contributed by atoms with van der Waals surface area (Å²) in [6.07, 6.45) is 2.21. The first-order valence-corrected chi connectivity index (χ1v) is 6.29. The Morgan fingerprint density at radius 2 is 2.47 bits per heavy atom. The Balaban J connectivity index is 2.14. The molecule has 0 spiro atoms. The number of hydrogen-bond donors (Lipinski definition) is 2. The van der Waals surface area contributed by atoms with Crippen LogP contribution in [0.3, 0.4) is 0 Å². The zero-order chi connectivity index (χ0) is 13.8. The zero-order valence-electron chi connectivity index (χ0n) is 11.2. The number of aliphatic hydroxyl groups excluding tert-OH is 1. The maximum atomic E-state index is 11.5. The summed E-state index contributed by atoms with van der Waals surface area (Å²) in [6, 6.07) is 1.64. The molecule has 0 aromatic carbocycles. The normalized spacial score (nSPS) is 19.4. The molecule has 104 valence electrons. The number of nitrogens with zero attached hydrogens (tertiary/aromatic N) is 2. The van der Waals surface area contributed by atoms with E-state index in [4.69, 9.17) is 4.74 Å². The van der Waals surface area contributed by atoms with Crippen molar-refractivity contribution >= 4 is 5.91 Å². The van der Waals surface area contributed by atoms with Crippen molar-refractivity contribution in [2.45, 2.75) is 19.1 Å². The van der Waals surface area contributed by atoms with Crippen LogP contribution < -0.4 is 10.1 Å². The highest BCUT2D eigenvalue weighted by Gasteiger charge is 2.21. The highest BCUT2D eigenvalue weighted by atomic mass is 16.5. The van der Waals surface area contributed by atoms with Crippen LogP contribution in [-0.2, 0) is 6.54 Å². The molecular formula is C13H19N3O3. The topological polar surface area (TPSA) is 74.7 Å². The van der Waals surface area contributed by atoms with E-state index in [1.54, 1.807) is 26.4 Å². The second-order valence-electron chi connectivity index (χ2n) is 4.64. The van der Waals surface area contributed by atoms with Gasteiger partial charge in [-0.15, -0.1) is 0 Å². The molecule has 2 N–H and O–H groups in total. The first kappa shape index (κ1) is 13.8. The van der Waals surface area contributed by atoms with E-state index in [0.717, 1.165) is 18.5 Å². The largest absolute Gasteiger partial charge is 0.496 e. The number of pyridine rings is 1. The summed E-state index contributed by atoms with van der Waals surface area (Å²) in [5.74, 6) is 0.413. The number of rotatable bonds is 4. The van der Waals surface area contributed by atoms with Gasteiger partial charge in [0.05, 0.1) is 13.2 Å². The number of amides is 1. The number of likely N-dealkylation sites (tertiary alicyclic amines) is 1. The third kappa shape index (κ3) is 3.21. The number of methoxy groups -OCH3 is 1. The van der Waals surface area contributed by atoms with Crippen molar-refractivity contribution in [2.24, 2.45) is 0 Å². The Hall–Kier alpha value is -1.66. The number of hydrogen-bond acceptors (Lipinski definition) is 5. The van der Waals surface area contributed by atoms with Gasteiger partial charge >= 0.3 is 0 Å². The van der Waals surface area contributed by atoms with E-state index in [2.05, 4.69) is 15.2 Å². The molecule has 1 fully saturated rings. The van der Waals surface area contributed by atoms with Gasteiger partial charge < -0.3 is 15.2 Å². The monoisotopic (exact) mass is 265 g/mol. The summed E-state index contributed by atoms with van der Waals surface area (Å²) >= 11 is 0. The van der Waals surface area contributed by atoms with Crippen LogP contribution in [0.5, 0.6) is 5.75 Å². The second-order valence-corrected chi connectivity index (χ2v) is 4.64. The summed E-state index contributed by atoms with van der Waals surface area (Å²) in [7, 11) is 3.14. The van der Waals surface area contributed by atoms with Crippen molar-refractivity contribution in [2.75, 3.05) is 27.2 Å². The van der Waals surface area contributed by atoms with Gasteiger partial charge in [-0.05, 0) is 6.42 Å². The predicted octanol–water partition coefficient (Wildman–Crippen LogP) is 0.0164.